The Bertz CT molecular complexity index is 1200. The lowest BCUT2D eigenvalue weighted by atomic mass is 9.87. The third-order valence-corrected chi connectivity index (χ3v) is 5.05. The number of nitro groups is 1. The van der Waals surface area contributed by atoms with Crippen molar-refractivity contribution in [1.29, 1.82) is 0 Å². The fraction of sp³-hybridized carbons (Fsp3) is 0.217. The number of amides is 2. The van der Waals surface area contributed by atoms with Crippen LogP contribution in [0.1, 0.15) is 35.3 Å². The van der Waals surface area contributed by atoms with E-state index in [1.54, 1.807) is 25.1 Å². The number of fused-ring (bicyclic) bond motifs is 1. The Kier molecular flexibility index (Phi) is 7.29. The van der Waals surface area contributed by atoms with Gasteiger partial charge in [-0.2, -0.15) is 0 Å². The predicted octanol–water partition coefficient (Wildman–Crippen LogP) is 2.46. The number of primary amides is 1. The number of pyridine rings is 1. The van der Waals surface area contributed by atoms with Crippen LogP contribution < -0.4 is 11.1 Å². The van der Waals surface area contributed by atoms with Crippen LogP contribution in [-0.2, 0) is 14.3 Å². The van der Waals surface area contributed by atoms with Gasteiger partial charge in [-0.1, -0.05) is 36.4 Å². The SMILES string of the molecule is CCOC(=O)C[C@H](c1ccc([N+](=O)[O-])cc1)[C@@H](NC(=O)c1ccc2ccccc2n1)C(N)=O. The topological polar surface area (TPSA) is 155 Å². The second-order valence-corrected chi connectivity index (χ2v) is 7.21. The van der Waals surface area contributed by atoms with Crippen LogP contribution in [0.4, 0.5) is 5.69 Å². The van der Waals surface area contributed by atoms with Crippen LogP contribution in [0, 0.1) is 10.1 Å². The van der Waals surface area contributed by atoms with Crippen LogP contribution >= 0.6 is 0 Å². The maximum atomic E-state index is 12.9. The average molecular weight is 450 g/mol. The van der Waals surface area contributed by atoms with Crippen molar-refractivity contribution < 1.29 is 24.0 Å². The van der Waals surface area contributed by atoms with E-state index in [4.69, 9.17) is 10.5 Å². The number of carbonyl (C=O) groups is 3. The van der Waals surface area contributed by atoms with E-state index < -0.39 is 34.7 Å². The molecule has 3 aromatic rings. The highest BCUT2D eigenvalue weighted by atomic mass is 16.6. The minimum absolute atomic E-state index is 0.0681. The third kappa shape index (κ3) is 5.67. The molecule has 3 N–H and O–H groups in total. The molecule has 0 aliphatic rings. The van der Waals surface area contributed by atoms with Gasteiger partial charge in [0.15, 0.2) is 0 Å². The second-order valence-electron chi connectivity index (χ2n) is 7.21. The van der Waals surface area contributed by atoms with Crippen molar-refractivity contribution >= 4 is 34.4 Å². The van der Waals surface area contributed by atoms with Crippen molar-refractivity contribution in [3.63, 3.8) is 0 Å². The number of carbonyl (C=O) groups excluding carboxylic acids is 3. The number of para-hydroxylation sites is 1. The molecule has 0 saturated heterocycles. The van der Waals surface area contributed by atoms with Crippen molar-refractivity contribution in [3.05, 3.63) is 82.0 Å². The molecule has 10 heteroatoms. The zero-order chi connectivity index (χ0) is 24.0. The molecule has 1 heterocycles. The Labute approximate surface area is 188 Å². The second kappa shape index (κ2) is 10.3. The Hall–Kier alpha value is -4.34. The summed E-state index contributed by atoms with van der Waals surface area (Å²) in [6, 6.07) is 14.5. The summed E-state index contributed by atoms with van der Waals surface area (Å²) in [4.78, 5) is 52.2. The molecule has 0 aliphatic heterocycles. The van der Waals surface area contributed by atoms with Crippen molar-refractivity contribution in [3.8, 4) is 0 Å². The smallest absolute Gasteiger partial charge is 0.306 e. The van der Waals surface area contributed by atoms with Gasteiger partial charge in [-0.05, 0) is 24.6 Å². The number of ether oxygens (including phenoxy) is 1. The van der Waals surface area contributed by atoms with Crippen LogP contribution in [0.2, 0.25) is 0 Å². The van der Waals surface area contributed by atoms with Gasteiger partial charge >= 0.3 is 5.97 Å². The Morgan fingerprint density at radius 2 is 1.79 bits per heavy atom. The number of benzene rings is 2. The predicted molar refractivity (Wildman–Crippen MR) is 119 cm³/mol. The number of nitrogens with zero attached hydrogens (tertiary/aromatic N) is 2. The lowest BCUT2D eigenvalue weighted by molar-refractivity contribution is -0.384. The summed E-state index contributed by atoms with van der Waals surface area (Å²) in [6.07, 6.45) is -0.273. The molecule has 2 atom stereocenters. The van der Waals surface area contributed by atoms with Gasteiger partial charge in [0, 0.05) is 23.4 Å². The van der Waals surface area contributed by atoms with Gasteiger partial charge in [0.2, 0.25) is 5.91 Å². The quantitative estimate of drug-likeness (QED) is 0.288. The number of aromatic nitrogens is 1. The van der Waals surface area contributed by atoms with E-state index >= 15 is 0 Å². The molecular weight excluding hydrogens is 428 g/mol. The van der Waals surface area contributed by atoms with E-state index in [0.29, 0.717) is 11.1 Å². The minimum atomic E-state index is -1.29. The maximum Gasteiger partial charge on any atom is 0.306 e. The summed E-state index contributed by atoms with van der Waals surface area (Å²) in [6.45, 7) is 1.76. The summed E-state index contributed by atoms with van der Waals surface area (Å²) in [5.41, 5.74) is 6.50. The van der Waals surface area contributed by atoms with Crippen molar-refractivity contribution in [2.45, 2.75) is 25.3 Å². The number of nitro benzene ring substituents is 1. The first-order valence-corrected chi connectivity index (χ1v) is 10.2. The van der Waals surface area contributed by atoms with Gasteiger partial charge in [-0.15, -0.1) is 0 Å². The molecule has 3 rings (SSSR count). The fourth-order valence-electron chi connectivity index (χ4n) is 3.45. The molecule has 1 aromatic heterocycles. The molecule has 2 amide bonds. The first kappa shape index (κ1) is 23.3. The van der Waals surface area contributed by atoms with E-state index in [9.17, 15) is 24.5 Å². The monoisotopic (exact) mass is 450 g/mol. The van der Waals surface area contributed by atoms with Crippen molar-refractivity contribution in [2.75, 3.05) is 6.61 Å². The van der Waals surface area contributed by atoms with E-state index in [2.05, 4.69) is 10.3 Å². The molecule has 0 aliphatic carbocycles. The molecule has 2 aromatic carbocycles. The molecule has 0 saturated carbocycles. The number of rotatable bonds is 9. The lowest BCUT2D eigenvalue weighted by Gasteiger charge is -2.25. The van der Waals surface area contributed by atoms with Crippen LogP contribution in [0.15, 0.2) is 60.7 Å². The number of non-ortho nitro benzene ring substituents is 1. The zero-order valence-corrected chi connectivity index (χ0v) is 17.8. The summed E-state index contributed by atoms with van der Waals surface area (Å²) in [5.74, 6) is -3.05. The highest BCUT2D eigenvalue weighted by Gasteiger charge is 2.32. The lowest BCUT2D eigenvalue weighted by Crippen LogP contribution is -2.49. The first-order valence-electron chi connectivity index (χ1n) is 10.2. The van der Waals surface area contributed by atoms with Crippen molar-refractivity contribution in [2.24, 2.45) is 5.73 Å². The summed E-state index contributed by atoms with van der Waals surface area (Å²) in [5, 5.41) is 14.4. The number of hydrogen-bond donors (Lipinski definition) is 2. The molecular formula is C23H22N4O6. The molecule has 10 nitrogen and oxygen atoms in total. The molecule has 0 unspecified atom stereocenters. The largest absolute Gasteiger partial charge is 0.466 e. The van der Waals surface area contributed by atoms with E-state index in [-0.39, 0.29) is 24.4 Å². The Morgan fingerprint density at radius 3 is 2.42 bits per heavy atom. The number of nitrogens with two attached hydrogens (primary N) is 1. The van der Waals surface area contributed by atoms with Gasteiger partial charge in [-0.25, -0.2) is 4.98 Å². The van der Waals surface area contributed by atoms with Crippen LogP contribution in [-0.4, -0.2) is 40.3 Å². The van der Waals surface area contributed by atoms with E-state index in [1.165, 1.54) is 30.3 Å². The van der Waals surface area contributed by atoms with Crippen LogP contribution in [0.25, 0.3) is 10.9 Å². The van der Waals surface area contributed by atoms with Crippen LogP contribution in [0.3, 0.4) is 0 Å². The molecule has 170 valence electrons. The maximum absolute atomic E-state index is 12.9. The number of nitrogens with one attached hydrogen (secondary N) is 1. The zero-order valence-electron chi connectivity index (χ0n) is 17.8. The third-order valence-electron chi connectivity index (χ3n) is 5.05. The summed E-state index contributed by atoms with van der Waals surface area (Å²) < 4.78 is 5.00. The molecule has 0 spiro atoms. The van der Waals surface area contributed by atoms with Gasteiger partial charge in [0.1, 0.15) is 11.7 Å². The van der Waals surface area contributed by atoms with Gasteiger partial charge < -0.3 is 15.8 Å². The normalized spacial score (nSPS) is 12.5. The minimum Gasteiger partial charge on any atom is -0.466 e. The Morgan fingerprint density at radius 1 is 1.09 bits per heavy atom. The van der Waals surface area contributed by atoms with E-state index in [0.717, 1.165) is 5.39 Å². The fourth-order valence-corrected chi connectivity index (χ4v) is 3.45. The highest BCUT2D eigenvalue weighted by Crippen LogP contribution is 2.27. The molecule has 0 radical (unpaired) electrons. The molecule has 0 bridgehead atoms. The average Bonchev–Trinajstić information content (AvgIpc) is 2.81. The summed E-state index contributed by atoms with van der Waals surface area (Å²) in [7, 11) is 0. The van der Waals surface area contributed by atoms with E-state index in [1.807, 2.05) is 12.1 Å². The van der Waals surface area contributed by atoms with Gasteiger partial charge in [0.25, 0.3) is 11.6 Å². The van der Waals surface area contributed by atoms with Gasteiger partial charge in [0.05, 0.1) is 23.5 Å². The van der Waals surface area contributed by atoms with Crippen LogP contribution in [0.5, 0.6) is 0 Å². The first-order chi connectivity index (χ1) is 15.8. The number of esters is 1. The standard InChI is InChI=1S/C23H22N4O6/c1-2-33-20(28)13-17(14-7-10-16(11-8-14)27(31)32)21(22(24)29)26-23(30)19-12-9-15-5-3-4-6-18(15)25-19/h3-12,17,21H,2,13H2,1H3,(H2,24,29)(H,26,30)/t17-,21-/m1/s1. The Balaban J connectivity index is 1.92. The summed E-state index contributed by atoms with van der Waals surface area (Å²) >= 11 is 0. The highest BCUT2D eigenvalue weighted by molar-refractivity contribution is 5.98. The molecule has 0 fully saturated rings. The van der Waals surface area contributed by atoms with Gasteiger partial charge in [-0.3, -0.25) is 24.5 Å². The van der Waals surface area contributed by atoms with Crippen molar-refractivity contribution in [1.82, 2.24) is 10.3 Å². The number of hydrogen-bond acceptors (Lipinski definition) is 7. The molecule has 33 heavy (non-hydrogen) atoms.